The SMILES string of the molecule is COc1ccc(C(=O)N2CCc3ccccc3[C@H]2C)cc1F. The molecule has 2 aromatic carbocycles. The Morgan fingerprint density at radius 3 is 2.77 bits per heavy atom. The van der Waals surface area contributed by atoms with Crippen LogP contribution in [0.25, 0.3) is 0 Å². The maximum absolute atomic E-state index is 13.8. The fourth-order valence-electron chi connectivity index (χ4n) is 3.01. The van der Waals surface area contributed by atoms with E-state index in [2.05, 4.69) is 6.07 Å². The van der Waals surface area contributed by atoms with Gasteiger partial charge in [-0.2, -0.15) is 0 Å². The van der Waals surface area contributed by atoms with E-state index in [0.717, 1.165) is 12.0 Å². The van der Waals surface area contributed by atoms with Crippen LogP contribution >= 0.6 is 0 Å². The number of hydrogen-bond acceptors (Lipinski definition) is 2. The second-order valence-electron chi connectivity index (χ2n) is 5.47. The van der Waals surface area contributed by atoms with E-state index in [0.29, 0.717) is 12.1 Å². The third-order valence-corrected chi connectivity index (χ3v) is 4.25. The second-order valence-corrected chi connectivity index (χ2v) is 5.47. The number of carbonyl (C=O) groups is 1. The molecule has 1 aliphatic heterocycles. The first kappa shape index (κ1) is 14.6. The van der Waals surface area contributed by atoms with Crippen LogP contribution in [0, 0.1) is 5.82 Å². The molecule has 3 rings (SSSR count). The highest BCUT2D eigenvalue weighted by molar-refractivity contribution is 5.94. The Morgan fingerprint density at radius 2 is 2.05 bits per heavy atom. The van der Waals surface area contributed by atoms with Gasteiger partial charge in [0.05, 0.1) is 13.2 Å². The highest BCUT2D eigenvalue weighted by atomic mass is 19.1. The molecule has 0 aromatic heterocycles. The van der Waals surface area contributed by atoms with Crippen LogP contribution in [-0.2, 0) is 6.42 Å². The Balaban J connectivity index is 1.89. The van der Waals surface area contributed by atoms with Crippen LogP contribution < -0.4 is 4.74 Å². The summed E-state index contributed by atoms with van der Waals surface area (Å²) in [6, 6.07) is 12.5. The van der Waals surface area contributed by atoms with E-state index in [9.17, 15) is 9.18 Å². The van der Waals surface area contributed by atoms with Crippen LogP contribution in [-0.4, -0.2) is 24.5 Å². The zero-order valence-corrected chi connectivity index (χ0v) is 12.7. The van der Waals surface area contributed by atoms with Crippen molar-refractivity contribution in [2.75, 3.05) is 13.7 Å². The fraction of sp³-hybridized carbons (Fsp3) is 0.278. The Hall–Kier alpha value is -2.36. The van der Waals surface area contributed by atoms with Crippen molar-refractivity contribution in [1.29, 1.82) is 0 Å². The molecular weight excluding hydrogens is 281 g/mol. The van der Waals surface area contributed by atoms with Gasteiger partial charge in [-0.05, 0) is 42.7 Å². The molecule has 0 spiro atoms. The Bertz CT molecular complexity index is 714. The predicted molar refractivity (Wildman–Crippen MR) is 82.5 cm³/mol. The summed E-state index contributed by atoms with van der Waals surface area (Å²) >= 11 is 0. The number of carbonyl (C=O) groups excluding carboxylic acids is 1. The van der Waals surface area contributed by atoms with Gasteiger partial charge in [0.25, 0.3) is 5.91 Å². The largest absolute Gasteiger partial charge is 0.494 e. The van der Waals surface area contributed by atoms with Crippen molar-refractivity contribution in [3.8, 4) is 5.75 Å². The second kappa shape index (κ2) is 5.79. The molecule has 1 amide bonds. The number of hydrogen-bond donors (Lipinski definition) is 0. The maximum Gasteiger partial charge on any atom is 0.254 e. The number of methoxy groups -OCH3 is 1. The quantitative estimate of drug-likeness (QED) is 0.848. The van der Waals surface area contributed by atoms with E-state index < -0.39 is 5.82 Å². The van der Waals surface area contributed by atoms with Crippen molar-refractivity contribution < 1.29 is 13.9 Å². The van der Waals surface area contributed by atoms with Crippen molar-refractivity contribution in [2.24, 2.45) is 0 Å². The zero-order valence-electron chi connectivity index (χ0n) is 12.7. The smallest absolute Gasteiger partial charge is 0.254 e. The first-order valence-electron chi connectivity index (χ1n) is 7.34. The standard InChI is InChI=1S/C18H18FNO2/c1-12-15-6-4-3-5-13(15)9-10-20(12)18(21)14-7-8-17(22-2)16(19)11-14/h3-8,11-12H,9-10H2,1-2H3/t12-/m1/s1. The van der Waals surface area contributed by atoms with Crippen LogP contribution in [0.2, 0.25) is 0 Å². The third kappa shape index (κ3) is 2.45. The van der Waals surface area contributed by atoms with E-state index in [1.807, 2.05) is 25.1 Å². The Labute approximate surface area is 129 Å². The lowest BCUT2D eigenvalue weighted by molar-refractivity contribution is 0.0677. The molecule has 0 aliphatic carbocycles. The molecular formula is C18H18FNO2. The van der Waals surface area contributed by atoms with E-state index in [-0.39, 0.29) is 17.7 Å². The summed E-state index contributed by atoms with van der Waals surface area (Å²) in [5.41, 5.74) is 2.79. The third-order valence-electron chi connectivity index (χ3n) is 4.25. The van der Waals surface area contributed by atoms with Crippen LogP contribution in [0.5, 0.6) is 5.75 Å². The summed E-state index contributed by atoms with van der Waals surface area (Å²) < 4.78 is 18.7. The van der Waals surface area contributed by atoms with E-state index in [1.54, 1.807) is 11.0 Å². The van der Waals surface area contributed by atoms with Crippen molar-refractivity contribution in [3.63, 3.8) is 0 Å². The van der Waals surface area contributed by atoms with Gasteiger partial charge in [0, 0.05) is 12.1 Å². The van der Waals surface area contributed by atoms with Crippen molar-refractivity contribution in [3.05, 3.63) is 65.0 Å². The molecule has 0 radical (unpaired) electrons. The van der Waals surface area contributed by atoms with E-state index >= 15 is 0 Å². The lowest BCUT2D eigenvalue weighted by Gasteiger charge is -2.35. The predicted octanol–water partition coefficient (Wildman–Crippen LogP) is 3.59. The topological polar surface area (TPSA) is 29.5 Å². The number of fused-ring (bicyclic) bond motifs is 1. The number of rotatable bonds is 2. The highest BCUT2D eigenvalue weighted by Crippen LogP contribution is 2.30. The number of nitrogens with zero attached hydrogens (tertiary/aromatic N) is 1. The average Bonchev–Trinajstić information content (AvgIpc) is 2.55. The normalized spacial score (nSPS) is 17.0. The van der Waals surface area contributed by atoms with Crippen molar-refractivity contribution in [2.45, 2.75) is 19.4 Å². The summed E-state index contributed by atoms with van der Waals surface area (Å²) in [6.07, 6.45) is 0.824. The lowest BCUT2D eigenvalue weighted by atomic mass is 9.93. The van der Waals surface area contributed by atoms with Gasteiger partial charge >= 0.3 is 0 Å². The van der Waals surface area contributed by atoms with Gasteiger partial charge in [-0.1, -0.05) is 24.3 Å². The lowest BCUT2D eigenvalue weighted by Crippen LogP contribution is -2.38. The molecule has 0 bridgehead atoms. The molecule has 0 saturated carbocycles. The van der Waals surface area contributed by atoms with Gasteiger partial charge in [-0.15, -0.1) is 0 Å². The summed E-state index contributed by atoms with van der Waals surface area (Å²) in [6.45, 7) is 2.65. The highest BCUT2D eigenvalue weighted by Gasteiger charge is 2.28. The zero-order chi connectivity index (χ0) is 15.7. The molecule has 1 heterocycles. The number of halogens is 1. The minimum Gasteiger partial charge on any atom is -0.494 e. The molecule has 0 saturated heterocycles. The molecule has 0 N–H and O–H groups in total. The molecule has 114 valence electrons. The molecule has 0 unspecified atom stereocenters. The molecule has 2 aromatic rings. The minimum atomic E-state index is -0.515. The van der Waals surface area contributed by atoms with Crippen molar-refractivity contribution >= 4 is 5.91 Å². The fourth-order valence-corrected chi connectivity index (χ4v) is 3.01. The Morgan fingerprint density at radius 1 is 1.27 bits per heavy atom. The summed E-state index contributed by atoms with van der Waals surface area (Å²) in [5, 5.41) is 0. The first-order valence-corrected chi connectivity index (χ1v) is 7.34. The van der Waals surface area contributed by atoms with Gasteiger partial charge in [0.2, 0.25) is 0 Å². The van der Waals surface area contributed by atoms with Crippen LogP contribution in [0.3, 0.4) is 0 Å². The maximum atomic E-state index is 13.8. The first-order chi connectivity index (χ1) is 10.6. The summed E-state index contributed by atoms with van der Waals surface area (Å²) in [5.74, 6) is -0.518. The van der Waals surface area contributed by atoms with Gasteiger partial charge in [0.15, 0.2) is 11.6 Å². The molecule has 4 heteroatoms. The van der Waals surface area contributed by atoms with Crippen LogP contribution in [0.15, 0.2) is 42.5 Å². The molecule has 1 aliphatic rings. The van der Waals surface area contributed by atoms with E-state index in [1.165, 1.54) is 24.8 Å². The average molecular weight is 299 g/mol. The van der Waals surface area contributed by atoms with Gasteiger partial charge in [-0.25, -0.2) is 4.39 Å². The molecule has 0 fully saturated rings. The van der Waals surface area contributed by atoms with Gasteiger partial charge in [0.1, 0.15) is 0 Å². The Kier molecular flexibility index (Phi) is 3.84. The van der Waals surface area contributed by atoms with Gasteiger partial charge in [-0.3, -0.25) is 4.79 Å². The number of ether oxygens (including phenoxy) is 1. The monoisotopic (exact) mass is 299 g/mol. The molecule has 22 heavy (non-hydrogen) atoms. The van der Waals surface area contributed by atoms with Gasteiger partial charge < -0.3 is 9.64 Å². The molecule has 1 atom stereocenters. The number of amides is 1. The van der Waals surface area contributed by atoms with E-state index in [4.69, 9.17) is 4.74 Å². The van der Waals surface area contributed by atoms with Crippen LogP contribution in [0.4, 0.5) is 4.39 Å². The van der Waals surface area contributed by atoms with Crippen LogP contribution in [0.1, 0.15) is 34.5 Å². The molecule has 3 nitrogen and oxygen atoms in total. The minimum absolute atomic E-state index is 0.0115. The summed E-state index contributed by atoms with van der Waals surface area (Å²) in [7, 11) is 1.41. The number of benzene rings is 2. The summed E-state index contributed by atoms with van der Waals surface area (Å²) in [4.78, 5) is 14.5. The van der Waals surface area contributed by atoms with Crippen molar-refractivity contribution in [1.82, 2.24) is 4.90 Å².